The standard InChI is InChI=1S/C45H36N4.C3H6/c1-47-38-24-21-31(22-25-38)33-13-9-15-36(27-33)44-29-43(35-14-8-12-32(26-35)30-10-2-4-16-37(46)23-20-30)48-45(49-44)42-28-34-11-3-5-17-39(34)40-18-6-7-19-41(40)42;1-3-2/h3-9,11-29,47H,2,10,46H2,1H3;3H,1H2,2H3/b16-4-,30-20+,37-23+;. The van der Waals surface area contributed by atoms with Gasteiger partial charge in [-0.15, -0.1) is 6.58 Å². The molecule has 0 atom stereocenters. The van der Waals surface area contributed by atoms with Crippen LogP contribution in [0.3, 0.4) is 0 Å². The molecule has 0 spiro atoms. The molecule has 0 aliphatic heterocycles. The van der Waals surface area contributed by atoms with Crippen LogP contribution in [0, 0.1) is 0 Å². The van der Waals surface area contributed by atoms with E-state index in [1.54, 1.807) is 6.08 Å². The van der Waals surface area contributed by atoms with Crippen LogP contribution in [-0.2, 0) is 0 Å². The molecule has 0 bridgehead atoms. The molecule has 3 N–H and O–H groups in total. The first kappa shape index (κ1) is 34.0. The molecule has 1 heterocycles. The Morgan fingerprint density at radius 1 is 0.635 bits per heavy atom. The van der Waals surface area contributed by atoms with Crippen molar-refractivity contribution in [3.05, 3.63) is 182 Å². The number of allylic oxidation sites excluding steroid dienone is 6. The highest BCUT2D eigenvalue weighted by atomic mass is 14.9. The monoisotopic (exact) mass is 674 g/mol. The van der Waals surface area contributed by atoms with Gasteiger partial charge in [0.2, 0.25) is 0 Å². The average Bonchev–Trinajstić information content (AvgIpc) is 3.19. The van der Waals surface area contributed by atoms with E-state index < -0.39 is 0 Å². The van der Waals surface area contributed by atoms with Gasteiger partial charge in [0.15, 0.2) is 5.82 Å². The molecule has 0 fully saturated rings. The molecular weight excluding hydrogens is 633 g/mol. The van der Waals surface area contributed by atoms with Crippen molar-refractivity contribution in [2.45, 2.75) is 19.8 Å². The summed E-state index contributed by atoms with van der Waals surface area (Å²) in [5, 5.41) is 7.92. The van der Waals surface area contributed by atoms with E-state index in [0.717, 1.165) is 68.8 Å². The predicted molar refractivity (Wildman–Crippen MR) is 223 cm³/mol. The number of hydrogen-bond acceptors (Lipinski definition) is 4. The lowest BCUT2D eigenvalue weighted by Gasteiger charge is -2.14. The largest absolute Gasteiger partial charge is 0.399 e. The summed E-state index contributed by atoms with van der Waals surface area (Å²) in [7, 11) is 1.94. The Balaban J connectivity index is 0.00000136. The summed E-state index contributed by atoms with van der Waals surface area (Å²) in [5.41, 5.74) is 17.6. The smallest absolute Gasteiger partial charge is 0.161 e. The highest BCUT2D eigenvalue weighted by Crippen LogP contribution is 2.37. The lowest BCUT2D eigenvalue weighted by Crippen LogP contribution is -1.98. The molecule has 7 aromatic rings. The molecular formula is C48H42N4. The number of anilines is 1. The second-order valence-electron chi connectivity index (χ2n) is 12.8. The van der Waals surface area contributed by atoms with Crippen LogP contribution in [0.25, 0.3) is 72.1 Å². The number of nitrogens with one attached hydrogen (secondary N) is 1. The van der Waals surface area contributed by atoms with E-state index >= 15 is 0 Å². The normalized spacial score (nSPS) is 15.2. The van der Waals surface area contributed by atoms with Crippen LogP contribution >= 0.6 is 0 Å². The topological polar surface area (TPSA) is 63.8 Å². The fraction of sp³-hybridized carbons (Fsp3) is 0.0833. The second-order valence-corrected chi connectivity index (χ2v) is 12.8. The summed E-state index contributed by atoms with van der Waals surface area (Å²) in [6, 6.07) is 47.3. The SMILES string of the molecule is C=CC.CNc1ccc(-c2cccc(-c3cc(-c4cccc(/C5=C/C=C(N)\C=C/CC5)c4)nc(-c4cc5ccccc5c5ccccc45)n3)c2)cc1. The van der Waals surface area contributed by atoms with E-state index in [4.69, 9.17) is 15.7 Å². The number of fused-ring (bicyclic) bond motifs is 3. The van der Waals surface area contributed by atoms with Crippen molar-refractivity contribution in [3.8, 4) is 45.0 Å². The number of rotatable bonds is 6. The van der Waals surface area contributed by atoms with Gasteiger partial charge >= 0.3 is 0 Å². The van der Waals surface area contributed by atoms with Crippen molar-refractivity contribution in [2.24, 2.45) is 5.73 Å². The summed E-state index contributed by atoms with van der Waals surface area (Å²) >= 11 is 0. The molecule has 1 aliphatic carbocycles. The lowest BCUT2D eigenvalue weighted by molar-refractivity contribution is 1.06. The van der Waals surface area contributed by atoms with Crippen LogP contribution in [0.1, 0.15) is 25.3 Å². The van der Waals surface area contributed by atoms with Crippen molar-refractivity contribution in [1.82, 2.24) is 9.97 Å². The Morgan fingerprint density at radius 2 is 1.25 bits per heavy atom. The van der Waals surface area contributed by atoms with Crippen molar-refractivity contribution < 1.29 is 0 Å². The van der Waals surface area contributed by atoms with E-state index in [9.17, 15) is 0 Å². The van der Waals surface area contributed by atoms with E-state index in [0.29, 0.717) is 5.82 Å². The van der Waals surface area contributed by atoms with Crippen LogP contribution in [0.15, 0.2) is 176 Å². The third-order valence-corrected chi connectivity index (χ3v) is 9.30. The molecule has 1 aromatic heterocycles. The Kier molecular flexibility index (Phi) is 10.2. The summed E-state index contributed by atoms with van der Waals surface area (Å²) in [6.07, 6.45) is 11.9. The van der Waals surface area contributed by atoms with Gasteiger partial charge in [0.1, 0.15) is 0 Å². The molecule has 0 radical (unpaired) electrons. The van der Waals surface area contributed by atoms with Gasteiger partial charge in [-0.2, -0.15) is 0 Å². The number of nitrogens with two attached hydrogens (primary N) is 1. The van der Waals surface area contributed by atoms with Crippen LogP contribution in [0.2, 0.25) is 0 Å². The zero-order chi connectivity index (χ0) is 35.9. The second kappa shape index (κ2) is 15.6. The first-order valence-corrected chi connectivity index (χ1v) is 17.7. The van der Waals surface area contributed by atoms with Gasteiger partial charge in [-0.25, -0.2) is 9.97 Å². The van der Waals surface area contributed by atoms with Crippen molar-refractivity contribution >= 4 is 32.8 Å². The Labute approximate surface area is 306 Å². The van der Waals surface area contributed by atoms with Crippen LogP contribution in [0.5, 0.6) is 0 Å². The van der Waals surface area contributed by atoms with Crippen LogP contribution in [0.4, 0.5) is 5.69 Å². The van der Waals surface area contributed by atoms with Gasteiger partial charge in [0.05, 0.1) is 11.4 Å². The fourth-order valence-corrected chi connectivity index (χ4v) is 6.70. The lowest BCUT2D eigenvalue weighted by atomic mass is 9.95. The maximum absolute atomic E-state index is 6.15. The number of aromatic nitrogens is 2. The molecule has 8 rings (SSSR count). The predicted octanol–water partition coefficient (Wildman–Crippen LogP) is 12.3. The third-order valence-electron chi connectivity index (χ3n) is 9.30. The molecule has 52 heavy (non-hydrogen) atoms. The quantitative estimate of drug-likeness (QED) is 0.136. The zero-order valence-corrected chi connectivity index (χ0v) is 29.7. The minimum absolute atomic E-state index is 0.703. The fourth-order valence-electron chi connectivity index (χ4n) is 6.70. The number of benzene rings is 6. The van der Waals surface area contributed by atoms with Gasteiger partial charge in [0, 0.05) is 35.1 Å². The van der Waals surface area contributed by atoms with Crippen molar-refractivity contribution in [1.29, 1.82) is 0 Å². The Hall–Kier alpha value is -6.52. The van der Waals surface area contributed by atoms with Crippen molar-refractivity contribution in [3.63, 3.8) is 0 Å². The number of nitrogens with zero attached hydrogens (tertiary/aromatic N) is 2. The summed E-state index contributed by atoms with van der Waals surface area (Å²) in [5.74, 6) is 0.703. The van der Waals surface area contributed by atoms with Gasteiger partial charge in [-0.05, 0) is 112 Å². The molecule has 254 valence electrons. The van der Waals surface area contributed by atoms with Gasteiger partial charge < -0.3 is 11.1 Å². The molecule has 4 heteroatoms. The summed E-state index contributed by atoms with van der Waals surface area (Å²) in [4.78, 5) is 10.6. The van der Waals surface area contributed by atoms with E-state index in [1.807, 2.05) is 26.1 Å². The third kappa shape index (κ3) is 7.33. The summed E-state index contributed by atoms with van der Waals surface area (Å²) < 4.78 is 0. The minimum Gasteiger partial charge on any atom is -0.399 e. The van der Waals surface area contributed by atoms with Crippen LogP contribution in [-0.4, -0.2) is 17.0 Å². The van der Waals surface area contributed by atoms with Gasteiger partial charge in [-0.3, -0.25) is 0 Å². The molecule has 6 aromatic carbocycles. The van der Waals surface area contributed by atoms with Crippen molar-refractivity contribution in [2.75, 3.05) is 12.4 Å². The molecule has 0 unspecified atom stereocenters. The highest BCUT2D eigenvalue weighted by molar-refractivity contribution is 6.13. The average molecular weight is 675 g/mol. The Bertz CT molecular complexity index is 2480. The molecule has 1 aliphatic rings. The summed E-state index contributed by atoms with van der Waals surface area (Å²) in [6.45, 7) is 5.25. The van der Waals surface area contributed by atoms with Gasteiger partial charge in [-0.1, -0.05) is 115 Å². The number of hydrogen-bond donors (Lipinski definition) is 2. The molecule has 0 saturated heterocycles. The first-order valence-electron chi connectivity index (χ1n) is 17.7. The molecule has 4 nitrogen and oxygen atoms in total. The van der Waals surface area contributed by atoms with Gasteiger partial charge in [0.25, 0.3) is 0 Å². The molecule has 0 saturated carbocycles. The molecule has 0 amide bonds. The highest BCUT2D eigenvalue weighted by Gasteiger charge is 2.16. The maximum atomic E-state index is 6.15. The van der Waals surface area contributed by atoms with E-state index in [1.165, 1.54) is 27.3 Å². The minimum atomic E-state index is 0.703. The maximum Gasteiger partial charge on any atom is 0.161 e. The van der Waals surface area contributed by atoms with Crippen LogP contribution < -0.4 is 11.1 Å². The Morgan fingerprint density at radius 3 is 1.96 bits per heavy atom. The first-order chi connectivity index (χ1) is 25.5. The zero-order valence-electron chi connectivity index (χ0n) is 29.7. The van der Waals surface area contributed by atoms with E-state index in [2.05, 4.69) is 158 Å². The van der Waals surface area contributed by atoms with E-state index in [-0.39, 0.29) is 0 Å².